The zero-order valence-corrected chi connectivity index (χ0v) is 9.90. The molecule has 0 spiro atoms. The second kappa shape index (κ2) is 4.85. The topological polar surface area (TPSA) is 58.6 Å². The fraction of sp³-hybridized carbons (Fsp3) is 0.462. The molecule has 92 valence electrons. The summed E-state index contributed by atoms with van der Waals surface area (Å²) in [6.07, 6.45) is 0. The molecule has 0 atom stereocenters. The molecule has 1 aliphatic heterocycles. The molecule has 17 heavy (non-hydrogen) atoms. The fourth-order valence-corrected chi connectivity index (χ4v) is 1.78. The second-order valence-electron chi connectivity index (χ2n) is 4.64. The van der Waals surface area contributed by atoms with Crippen molar-refractivity contribution < 1.29 is 14.6 Å². The van der Waals surface area contributed by atoms with E-state index >= 15 is 0 Å². The van der Waals surface area contributed by atoms with Gasteiger partial charge < -0.3 is 15.2 Å². The highest BCUT2D eigenvalue weighted by Crippen LogP contribution is 2.27. The minimum absolute atomic E-state index is 0.0532. The average Bonchev–Trinajstić information content (AvgIpc) is 2.28. The summed E-state index contributed by atoms with van der Waals surface area (Å²) in [5.74, 6) is 0.0532. The number of ketones is 1. The van der Waals surface area contributed by atoms with Crippen LogP contribution in [0.3, 0.4) is 0 Å². The highest BCUT2D eigenvalue weighted by molar-refractivity contribution is 5.94. The van der Waals surface area contributed by atoms with Crippen LogP contribution in [0, 0.1) is 5.41 Å². The molecule has 1 fully saturated rings. The highest BCUT2D eigenvalue weighted by Gasteiger charge is 2.37. The molecule has 0 radical (unpaired) electrons. The first-order valence-corrected chi connectivity index (χ1v) is 5.69. The van der Waals surface area contributed by atoms with Gasteiger partial charge in [0.05, 0.1) is 25.2 Å². The van der Waals surface area contributed by atoms with Gasteiger partial charge in [-0.3, -0.25) is 4.79 Å². The molecule has 2 rings (SSSR count). The van der Waals surface area contributed by atoms with E-state index in [2.05, 4.69) is 5.32 Å². The highest BCUT2D eigenvalue weighted by atomic mass is 16.5. The quantitative estimate of drug-likeness (QED) is 0.755. The van der Waals surface area contributed by atoms with Crippen LogP contribution in [0.25, 0.3) is 0 Å². The maximum Gasteiger partial charge on any atom is 0.159 e. The Labute approximate surface area is 101 Å². The maximum absolute atomic E-state index is 11.2. The molecule has 1 aliphatic rings. The summed E-state index contributed by atoms with van der Waals surface area (Å²) >= 11 is 0. The number of carbonyl (C=O) groups excluding carboxylic acids is 1. The Hall–Kier alpha value is -1.39. The average molecular weight is 235 g/mol. The number of rotatable bonds is 5. The Morgan fingerprint density at radius 2 is 2.29 bits per heavy atom. The zero-order valence-electron chi connectivity index (χ0n) is 9.90. The third-order valence-corrected chi connectivity index (χ3v) is 3.09. The molecule has 1 heterocycles. The van der Waals surface area contributed by atoms with Crippen LogP contribution in [-0.4, -0.2) is 37.3 Å². The summed E-state index contributed by atoms with van der Waals surface area (Å²) in [6.45, 7) is 3.50. The van der Waals surface area contributed by atoms with E-state index in [1.807, 2.05) is 18.2 Å². The van der Waals surface area contributed by atoms with E-state index in [1.165, 1.54) is 0 Å². The Morgan fingerprint density at radius 3 is 2.82 bits per heavy atom. The predicted molar refractivity (Wildman–Crippen MR) is 65.3 cm³/mol. The van der Waals surface area contributed by atoms with Gasteiger partial charge in [0.2, 0.25) is 0 Å². The fourth-order valence-electron chi connectivity index (χ4n) is 1.78. The van der Waals surface area contributed by atoms with Gasteiger partial charge in [0.25, 0.3) is 0 Å². The van der Waals surface area contributed by atoms with E-state index in [4.69, 9.17) is 4.74 Å². The molecule has 4 heteroatoms. The molecule has 1 aromatic carbocycles. The molecule has 0 aliphatic carbocycles. The maximum atomic E-state index is 11.2. The van der Waals surface area contributed by atoms with Crippen LogP contribution in [0.15, 0.2) is 24.3 Å². The summed E-state index contributed by atoms with van der Waals surface area (Å²) in [5.41, 5.74) is 1.43. The van der Waals surface area contributed by atoms with E-state index in [0.29, 0.717) is 25.3 Å². The number of Topliss-reactive ketones (excluding diaryl/α,β-unsaturated/α-hetero) is 1. The molecule has 0 unspecified atom stereocenters. The predicted octanol–water partition coefficient (Wildman–Crippen LogP) is 1.31. The molecular weight excluding hydrogens is 218 g/mol. The molecule has 0 saturated carbocycles. The summed E-state index contributed by atoms with van der Waals surface area (Å²) < 4.78 is 5.13. The van der Waals surface area contributed by atoms with Crippen molar-refractivity contribution in [3.05, 3.63) is 29.8 Å². The number of carbonyl (C=O) groups is 1. The summed E-state index contributed by atoms with van der Waals surface area (Å²) in [6, 6.07) is 7.38. The lowest BCUT2D eigenvalue weighted by atomic mass is 9.87. The molecule has 0 aromatic heterocycles. The van der Waals surface area contributed by atoms with Gasteiger partial charge >= 0.3 is 0 Å². The van der Waals surface area contributed by atoms with Crippen LogP contribution in [0.5, 0.6) is 0 Å². The van der Waals surface area contributed by atoms with Crippen molar-refractivity contribution in [2.75, 3.05) is 31.7 Å². The third-order valence-electron chi connectivity index (χ3n) is 3.09. The Kier molecular flexibility index (Phi) is 3.45. The number of ether oxygens (including phenoxy) is 1. The molecule has 1 aromatic rings. The minimum atomic E-state index is -0.160. The first-order chi connectivity index (χ1) is 8.15. The molecule has 2 N–H and O–H groups in total. The van der Waals surface area contributed by atoms with E-state index in [9.17, 15) is 9.90 Å². The van der Waals surface area contributed by atoms with Gasteiger partial charge in [-0.1, -0.05) is 12.1 Å². The van der Waals surface area contributed by atoms with Crippen LogP contribution < -0.4 is 5.32 Å². The first-order valence-electron chi connectivity index (χ1n) is 5.69. The van der Waals surface area contributed by atoms with Gasteiger partial charge in [-0.2, -0.15) is 0 Å². The molecule has 0 amide bonds. The Bertz CT molecular complexity index is 407. The van der Waals surface area contributed by atoms with Crippen LogP contribution in [0.2, 0.25) is 0 Å². The van der Waals surface area contributed by atoms with Gasteiger partial charge in [-0.25, -0.2) is 0 Å². The normalized spacial score (nSPS) is 17.3. The van der Waals surface area contributed by atoms with E-state index < -0.39 is 0 Å². The Morgan fingerprint density at radius 1 is 1.53 bits per heavy atom. The van der Waals surface area contributed by atoms with Gasteiger partial charge in [0.1, 0.15) is 0 Å². The number of benzene rings is 1. The number of anilines is 1. The zero-order chi connectivity index (χ0) is 12.3. The second-order valence-corrected chi connectivity index (χ2v) is 4.64. The minimum Gasteiger partial charge on any atom is -0.396 e. The first kappa shape index (κ1) is 12.1. The number of hydrogen-bond donors (Lipinski definition) is 2. The van der Waals surface area contributed by atoms with Crippen molar-refractivity contribution in [2.24, 2.45) is 5.41 Å². The largest absolute Gasteiger partial charge is 0.396 e. The number of hydrogen-bond acceptors (Lipinski definition) is 4. The lowest BCUT2D eigenvalue weighted by molar-refractivity contribution is -0.128. The molecule has 1 saturated heterocycles. The lowest BCUT2D eigenvalue weighted by Gasteiger charge is -2.40. The number of aliphatic hydroxyl groups excluding tert-OH is 1. The van der Waals surface area contributed by atoms with Crippen molar-refractivity contribution in [2.45, 2.75) is 6.92 Å². The number of nitrogens with one attached hydrogen (secondary N) is 1. The van der Waals surface area contributed by atoms with Crippen LogP contribution in [0.4, 0.5) is 5.69 Å². The molecule has 4 nitrogen and oxygen atoms in total. The standard InChI is InChI=1S/C13H17NO3/c1-10(16)11-3-2-4-12(5-11)14-6-13(7-15)8-17-9-13/h2-5,14-15H,6-9H2,1H3. The lowest BCUT2D eigenvalue weighted by Crippen LogP contribution is -2.50. The molecular formula is C13H17NO3. The van der Waals surface area contributed by atoms with Gasteiger partial charge in [0, 0.05) is 17.8 Å². The van der Waals surface area contributed by atoms with Crippen molar-refractivity contribution in [1.82, 2.24) is 0 Å². The van der Waals surface area contributed by atoms with E-state index in [-0.39, 0.29) is 17.8 Å². The van der Waals surface area contributed by atoms with Crippen molar-refractivity contribution in [3.8, 4) is 0 Å². The summed E-state index contributed by atoms with van der Waals surface area (Å²) in [4.78, 5) is 11.2. The van der Waals surface area contributed by atoms with Crippen LogP contribution in [0.1, 0.15) is 17.3 Å². The smallest absolute Gasteiger partial charge is 0.159 e. The number of aliphatic hydroxyl groups is 1. The monoisotopic (exact) mass is 235 g/mol. The van der Waals surface area contributed by atoms with Crippen LogP contribution >= 0.6 is 0 Å². The van der Waals surface area contributed by atoms with Crippen molar-refractivity contribution in [1.29, 1.82) is 0 Å². The Balaban J connectivity index is 1.99. The van der Waals surface area contributed by atoms with E-state index in [1.54, 1.807) is 13.0 Å². The molecule has 0 bridgehead atoms. The van der Waals surface area contributed by atoms with Gasteiger partial charge in [-0.05, 0) is 19.1 Å². The van der Waals surface area contributed by atoms with Crippen LogP contribution in [-0.2, 0) is 4.74 Å². The summed E-state index contributed by atoms with van der Waals surface area (Å²) in [7, 11) is 0. The van der Waals surface area contributed by atoms with E-state index in [0.717, 1.165) is 5.69 Å². The van der Waals surface area contributed by atoms with Crippen molar-refractivity contribution in [3.63, 3.8) is 0 Å². The third kappa shape index (κ3) is 2.65. The van der Waals surface area contributed by atoms with Gasteiger partial charge in [-0.15, -0.1) is 0 Å². The SMILES string of the molecule is CC(=O)c1cccc(NCC2(CO)COC2)c1. The van der Waals surface area contributed by atoms with Crippen molar-refractivity contribution >= 4 is 11.5 Å². The summed E-state index contributed by atoms with van der Waals surface area (Å²) in [5, 5.41) is 12.5. The van der Waals surface area contributed by atoms with Gasteiger partial charge in [0.15, 0.2) is 5.78 Å².